The standard InChI is InChI=1S/C22H22N4O4S/c27-10-14-15-8-25(13-5-6-23-17(7-13)20(28)29)11-22(15)12-26(9-18(14)30-22)21-24-16-3-1-2-4-19(16)31-21/h1-7,14-15,18,27H,8-12H2,(H,28,29)/t14-,15+,18+,22-/m0/s1. The number of aliphatic hydroxyl groups excluding tert-OH is 1. The lowest BCUT2D eigenvalue weighted by Crippen LogP contribution is -2.54. The highest BCUT2D eigenvalue weighted by Crippen LogP contribution is 2.51. The Hall–Kier alpha value is -2.75. The fourth-order valence-corrected chi connectivity index (χ4v) is 6.48. The van der Waals surface area contributed by atoms with Crippen molar-refractivity contribution in [2.45, 2.75) is 11.7 Å². The van der Waals surface area contributed by atoms with Gasteiger partial charge in [-0.05, 0) is 24.3 Å². The quantitative estimate of drug-likeness (QED) is 0.639. The van der Waals surface area contributed by atoms with Crippen LogP contribution in [0, 0.1) is 11.8 Å². The van der Waals surface area contributed by atoms with Gasteiger partial charge in [0.1, 0.15) is 11.3 Å². The van der Waals surface area contributed by atoms with Crippen LogP contribution < -0.4 is 9.80 Å². The summed E-state index contributed by atoms with van der Waals surface area (Å²) in [7, 11) is 0. The van der Waals surface area contributed by atoms with E-state index in [4.69, 9.17) is 9.72 Å². The molecule has 3 saturated heterocycles. The molecule has 8 nitrogen and oxygen atoms in total. The third-order valence-corrected chi connectivity index (χ3v) is 7.98. The van der Waals surface area contributed by atoms with Gasteiger partial charge in [-0.2, -0.15) is 0 Å². The summed E-state index contributed by atoms with van der Waals surface area (Å²) in [6, 6.07) is 11.6. The van der Waals surface area contributed by atoms with Crippen LogP contribution in [0.1, 0.15) is 10.5 Å². The molecule has 5 heterocycles. The van der Waals surface area contributed by atoms with E-state index in [0.717, 1.165) is 34.1 Å². The van der Waals surface area contributed by atoms with Gasteiger partial charge in [0.2, 0.25) is 0 Å². The minimum Gasteiger partial charge on any atom is -0.477 e. The molecule has 6 rings (SSSR count). The summed E-state index contributed by atoms with van der Waals surface area (Å²) >= 11 is 1.69. The van der Waals surface area contributed by atoms with Crippen LogP contribution in [0.5, 0.6) is 0 Å². The summed E-state index contributed by atoms with van der Waals surface area (Å²) in [5.74, 6) is -0.822. The second-order valence-electron chi connectivity index (χ2n) is 8.60. The number of anilines is 2. The highest BCUT2D eigenvalue weighted by atomic mass is 32.1. The molecule has 2 aromatic heterocycles. The molecule has 1 spiro atoms. The number of hydrogen-bond donors (Lipinski definition) is 2. The highest BCUT2D eigenvalue weighted by molar-refractivity contribution is 7.22. The molecule has 3 aliphatic heterocycles. The third-order valence-electron chi connectivity index (χ3n) is 6.88. The zero-order valence-electron chi connectivity index (χ0n) is 16.7. The number of carboxylic acid groups (broad SMARTS) is 1. The molecule has 160 valence electrons. The number of aromatic nitrogens is 2. The topological polar surface area (TPSA) is 99.0 Å². The van der Waals surface area contributed by atoms with Crippen molar-refractivity contribution in [2.24, 2.45) is 11.8 Å². The second kappa shape index (κ2) is 6.88. The Morgan fingerprint density at radius 1 is 1.23 bits per heavy atom. The molecule has 0 radical (unpaired) electrons. The number of thiazole rings is 1. The van der Waals surface area contributed by atoms with Crippen molar-refractivity contribution in [3.8, 4) is 0 Å². The average molecular weight is 439 g/mol. The van der Waals surface area contributed by atoms with Gasteiger partial charge in [-0.25, -0.2) is 14.8 Å². The molecule has 0 unspecified atom stereocenters. The smallest absolute Gasteiger partial charge is 0.354 e. The van der Waals surface area contributed by atoms with E-state index in [9.17, 15) is 15.0 Å². The summed E-state index contributed by atoms with van der Waals surface area (Å²) in [4.78, 5) is 24.6. The van der Waals surface area contributed by atoms with Crippen molar-refractivity contribution < 1.29 is 19.7 Å². The average Bonchev–Trinajstić information content (AvgIpc) is 3.41. The minimum atomic E-state index is -1.04. The van der Waals surface area contributed by atoms with Gasteiger partial charge in [-0.15, -0.1) is 0 Å². The SMILES string of the molecule is O=C(O)c1cc(N2C[C@@H]3[C@H](CO)[C@H]4CN(c5nc6ccccc6s5)C[C@]3(C2)O4)ccn1. The van der Waals surface area contributed by atoms with Gasteiger partial charge < -0.3 is 24.7 Å². The summed E-state index contributed by atoms with van der Waals surface area (Å²) in [5, 5.41) is 20.5. The molecular formula is C22H22N4O4S. The number of nitrogens with zero attached hydrogens (tertiary/aromatic N) is 4. The van der Waals surface area contributed by atoms with Gasteiger partial charge in [-0.1, -0.05) is 23.5 Å². The highest BCUT2D eigenvalue weighted by Gasteiger charge is 2.62. The Morgan fingerprint density at radius 2 is 2.06 bits per heavy atom. The zero-order valence-corrected chi connectivity index (χ0v) is 17.5. The lowest BCUT2D eigenvalue weighted by molar-refractivity contribution is -0.0548. The van der Waals surface area contributed by atoms with Gasteiger partial charge in [0, 0.05) is 50.0 Å². The van der Waals surface area contributed by atoms with Crippen LogP contribution in [0.15, 0.2) is 42.6 Å². The molecule has 3 fully saturated rings. The number of hydrogen-bond acceptors (Lipinski definition) is 8. The van der Waals surface area contributed by atoms with E-state index < -0.39 is 11.6 Å². The second-order valence-corrected chi connectivity index (χ2v) is 9.61. The maximum Gasteiger partial charge on any atom is 0.354 e. The summed E-state index contributed by atoms with van der Waals surface area (Å²) in [6.07, 6.45) is 1.50. The van der Waals surface area contributed by atoms with E-state index in [1.54, 1.807) is 17.4 Å². The fraction of sp³-hybridized carbons (Fsp3) is 0.409. The molecule has 3 aliphatic rings. The molecule has 2 bridgehead atoms. The summed E-state index contributed by atoms with van der Waals surface area (Å²) < 4.78 is 7.73. The number of carboxylic acids is 1. The Bertz CT molecular complexity index is 1140. The van der Waals surface area contributed by atoms with E-state index >= 15 is 0 Å². The van der Waals surface area contributed by atoms with Gasteiger partial charge in [0.05, 0.1) is 22.9 Å². The first-order chi connectivity index (χ1) is 15.1. The van der Waals surface area contributed by atoms with Crippen molar-refractivity contribution in [3.05, 3.63) is 48.3 Å². The maximum atomic E-state index is 11.4. The molecule has 0 amide bonds. The molecule has 31 heavy (non-hydrogen) atoms. The predicted molar refractivity (Wildman–Crippen MR) is 117 cm³/mol. The molecule has 9 heteroatoms. The molecule has 4 atom stereocenters. The van der Waals surface area contributed by atoms with E-state index in [1.165, 1.54) is 6.20 Å². The van der Waals surface area contributed by atoms with Crippen LogP contribution in [-0.4, -0.2) is 70.6 Å². The van der Waals surface area contributed by atoms with Crippen LogP contribution in [-0.2, 0) is 4.74 Å². The molecule has 3 aromatic rings. The van der Waals surface area contributed by atoms with E-state index in [-0.39, 0.29) is 30.2 Å². The Morgan fingerprint density at radius 3 is 2.87 bits per heavy atom. The van der Waals surface area contributed by atoms with E-state index in [0.29, 0.717) is 13.1 Å². The number of ether oxygens (including phenoxy) is 1. The van der Waals surface area contributed by atoms with Crippen molar-refractivity contribution in [1.82, 2.24) is 9.97 Å². The molecule has 2 N–H and O–H groups in total. The summed E-state index contributed by atoms with van der Waals surface area (Å²) in [5.41, 5.74) is 1.44. The van der Waals surface area contributed by atoms with Crippen molar-refractivity contribution in [3.63, 3.8) is 0 Å². The number of aliphatic hydroxyl groups is 1. The molecule has 0 saturated carbocycles. The number of para-hydroxylation sites is 1. The number of fused-ring (bicyclic) bond motifs is 2. The minimum absolute atomic E-state index is 0.0318. The van der Waals surface area contributed by atoms with Crippen LogP contribution >= 0.6 is 11.3 Å². The number of benzene rings is 1. The zero-order chi connectivity index (χ0) is 21.2. The third kappa shape index (κ3) is 2.91. The fourth-order valence-electron chi connectivity index (χ4n) is 5.50. The van der Waals surface area contributed by atoms with Crippen molar-refractivity contribution in [2.75, 3.05) is 42.6 Å². The van der Waals surface area contributed by atoms with Crippen molar-refractivity contribution >= 4 is 38.3 Å². The summed E-state index contributed by atoms with van der Waals surface area (Å²) in [6.45, 7) is 2.88. The lowest BCUT2D eigenvalue weighted by Gasteiger charge is -2.40. The van der Waals surface area contributed by atoms with Crippen LogP contribution in [0.2, 0.25) is 0 Å². The van der Waals surface area contributed by atoms with Crippen LogP contribution in [0.3, 0.4) is 0 Å². The number of rotatable bonds is 4. The van der Waals surface area contributed by atoms with Gasteiger partial charge in [0.25, 0.3) is 0 Å². The number of morpholine rings is 1. The number of carbonyl (C=O) groups is 1. The number of pyridine rings is 1. The Balaban J connectivity index is 1.33. The van der Waals surface area contributed by atoms with E-state index in [1.807, 2.05) is 24.3 Å². The molecule has 1 aromatic carbocycles. The van der Waals surface area contributed by atoms with Gasteiger partial charge in [0.15, 0.2) is 5.13 Å². The van der Waals surface area contributed by atoms with Crippen LogP contribution in [0.25, 0.3) is 10.2 Å². The first-order valence-electron chi connectivity index (χ1n) is 10.4. The lowest BCUT2D eigenvalue weighted by atomic mass is 9.83. The first kappa shape index (κ1) is 19.0. The monoisotopic (exact) mass is 438 g/mol. The predicted octanol–water partition coefficient (Wildman–Crippen LogP) is 2.09. The molecule has 0 aliphatic carbocycles. The van der Waals surface area contributed by atoms with E-state index in [2.05, 4.69) is 20.9 Å². The van der Waals surface area contributed by atoms with Crippen LogP contribution in [0.4, 0.5) is 10.8 Å². The number of aromatic carboxylic acids is 1. The largest absolute Gasteiger partial charge is 0.477 e. The first-order valence-corrected chi connectivity index (χ1v) is 11.2. The Labute approximate surface area is 182 Å². The van der Waals surface area contributed by atoms with Gasteiger partial charge >= 0.3 is 5.97 Å². The van der Waals surface area contributed by atoms with Gasteiger partial charge in [-0.3, -0.25) is 0 Å². The normalized spacial score (nSPS) is 29.5. The van der Waals surface area contributed by atoms with Crippen molar-refractivity contribution in [1.29, 1.82) is 0 Å². The Kier molecular flexibility index (Phi) is 4.21. The molecular weight excluding hydrogens is 416 g/mol. The maximum absolute atomic E-state index is 11.4.